The molecular weight excluding hydrogens is 370 g/mol. The summed E-state index contributed by atoms with van der Waals surface area (Å²) in [6, 6.07) is 6.19. The summed E-state index contributed by atoms with van der Waals surface area (Å²) in [6.45, 7) is 8.52. The second kappa shape index (κ2) is 8.95. The zero-order valence-electron chi connectivity index (χ0n) is 17.1. The number of para-hydroxylation sites is 1. The first-order valence-electron chi connectivity index (χ1n) is 10.0. The number of aromatic nitrogens is 2. The third-order valence-electron chi connectivity index (χ3n) is 5.15. The minimum atomic E-state index is -0.0830. The molecule has 3 rings (SSSR count). The van der Waals surface area contributed by atoms with Gasteiger partial charge in [-0.1, -0.05) is 57.7 Å². The number of H-pyrrole nitrogens is 1. The van der Waals surface area contributed by atoms with Crippen molar-refractivity contribution >= 4 is 23.4 Å². The van der Waals surface area contributed by atoms with Crippen LogP contribution in [0.2, 0.25) is 0 Å². The Hall–Kier alpha value is -2.08. The number of rotatable bonds is 6. The average Bonchev–Trinajstić information content (AvgIpc) is 2.66. The highest BCUT2D eigenvalue weighted by Gasteiger charge is 2.18. The Kier molecular flexibility index (Phi) is 6.60. The molecule has 6 heteroatoms. The Morgan fingerprint density at radius 1 is 1.14 bits per heavy atom. The normalized spacial score (nSPS) is 13.6. The quantitative estimate of drug-likeness (QED) is 0.549. The number of carbonyl (C=O) groups excluding carboxylic acids is 1. The van der Waals surface area contributed by atoms with Gasteiger partial charge >= 0.3 is 0 Å². The molecule has 1 aromatic carbocycles. The molecule has 0 aliphatic heterocycles. The van der Waals surface area contributed by atoms with E-state index in [2.05, 4.69) is 61.2 Å². The molecule has 1 amide bonds. The monoisotopic (exact) mass is 399 g/mol. The van der Waals surface area contributed by atoms with Gasteiger partial charge in [-0.05, 0) is 48.6 Å². The summed E-state index contributed by atoms with van der Waals surface area (Å²) in [7, 11) is 0. The standard InChI is InChI=1S/C22H29N3O2S/c1-13(2)15-9-7-10-16(14(3)4)20(15)24-19(26)12-28-22-23-18-11-6-5-8-17(18)21(27)25-22/h7,9-10,13-14H,5-6,8,11-12H2,1-4H3,(H,24,26)(H,23,25,27). The Morgan fingerprint density at radius 2 is 1.79 bits per heavy atom. The Bertz CT molecular complexity index is 892. The topological polar surface area (TPSA) is 74.8 Å². The number of nitrogens with one attached hydrogen (secondary N) is 2. The van der Waals surface area contributed by atoms with E-state index in [1.54, 1.807) is 0 Å². The molecule has 5 nitrogen and oxygen atoms in total. The first-order valence-corrected chi connectivity index (χ1v) is 11.0. The van der Waals surface area contributed by atoms with Crippen molar-refractivity contribution in [2.24, 2.45) is 0 Å². The molecule has 0 unspecified atom stereocenters. The van der Waals surface area contributed by atoms with Gasteiger partial charge in [0.2, 0.25) is 5.91 Å². The maximum Gasteiger partial charge on any atom is 0.254 e. The third-order valence-corrected chi connectivity index (χ3v) is 6.02. The number of carbonyl (C=O) groups is 1. The van der Waals surface area contributed by atoms with Gasteiger partial charge in [-0.3, -0.25) is 9.59 Å². The lowest BCUT2D eigenvalue weighted by Gasteiger charge is -2.20. The van der Waals surface area contributed by atoms with E-state index in [0.717, 1.165) is 53.8 Å². The molecule has 1 aromatic heterocycles. The van der Waals surface area contributed by atoms with Crippen LogP contribution in [-0.4, -0.2) is 21.6 Å². The molecular formula is C22H29N3O2S. The highest BCUT2D eigenvalue weighted by Crippen LogP contribution is 2.32. The zero-order valence-corrected chi connectivity index (χ0v) is 17.9. The number of amides is 1. The summed E-state index contributed by atoms with van der Waals surface area (Å²) in [5.74, 6) is 0.770. The first-order chi connectivity index (χ1) is 13.4. The first kappa shape index (κ1) is 20.6. The van der Waals surface area contributed by atoms with Crippen LogP contribution in [-0.2, 0) is 17.6 Å². The zero-order chi connectivity index (χ0) is 20.3. The summed E-state index contributed by atoms with van der Waals surface area (Å²) in [4.78, 5) is 32.3. The van der Waals surface area contributed by atoms with Gasteiger partial charge in [-0.2, -0.15) is 0 Å². The molecule has 0 spiro atoms. The van der Waals surface area contributed by atoms with Gasteiger partial charge in [-0.25, -0.2) is 4.98 Å². The van der Waals surface area contributed by atoms with Gasteiger partial charge in [-0.15, -0.1) is 0 Å². The molecule has 0 atom stereocenters. The van der Waals surface area contributed by atoms with E-state index >= 15 is 0 Å². The molecule has 0 saturated carbocycles. The van der Waals surface area contributed by atoms with E-state index in [1.807, 2.05) is 0 Å². The fourth-order valence-electron chi connectivity index (χ4n) is 3.65. The predicted octanol–water partition coefficient (Wildman–Crippen LogP) is 4.63. The van der Waals surface area contributed by atoms with Crippen LogP contribution in [0.25, 0.3) is 0 Å². The van der Waals surface area contributed by atoms with E-state index in [4.69, 9.17) is 0 Å². The number of hydrogen-bond donors (Lipinski definition) is 2. The van der Waals surface area contributed by atoms with Gasteiger partial charge in [0, 0.05) is 11.3 Å². The van der Waals surface area contributed by atoms with Crippen LogP contribution in [0.15, 0.2) is 28.2 Å². The lowest BCUT2D eigenvalue weighted by atomic mass is 9.92. The second-order valence-corrected chi connectivity index (χ2v) is 8.93. The highest BCUT2D eigenvalue weighted by atomic mass is 32.2. The summed E-state index contributed by atoms with van der Waals surface area (Å²) in [6.07, 6.45) is 3.75. The van der Waals surface area contributed by atoms with Crippen LogP contribution in [0.3, 0.4) is 0 Å². The van der Waals surface area contributed by atoms with Gasteiger partial charge in [0.1, 0.15) is 0 Å². The average molecular weight is 400 g/mol. The van der Waals surface area contributed by atoms with Crippen LogP contribution < -0.4 is 10.9 Å². The minimum absolute atomic E-state index is 0.0557. The highest BCUT2D eigenvalue weighted by molar-refractivity contribution is 7.99. The van der Waals surface area contributed by atoms with Crippen molar-refractivity contribution in [2.45, 2.75) is 70.4 Å². The van der Waals surface area contributed by atoms with E-state index in [9.17, 15) is 9.59 Å². The van der Waals surface area contributed by atoms with Gasteiger partial charge in [0.05, 0.1) is 11.4 Å². The van der Waals surface area contributed by atoms with Crippen LogP contribution >= 0.6 is 11.8 Å². The van der Waals surface area contributed by atoms with Crippen molar-refractivity contribution in [3.8, 4) is 0 Å². The number of benzene rings is 1. The maximum atomic E-state index is 12.7. The van der Waals surface area contributed by atoms with E-state index in [0.29, 0.717) is 17.0 Å². The van der Waals surface area contributed by atoms with E-state index in [1.165, 1.54) is 11.8 Å². The second-order valence-electron chi connectivity index (χ2n) is 7.96. The van der Waals surface area contributed by atoms with Crippen LogP contribution in [0, 0.1) is 0 Å². The molecule has 0 fully saturated rings. The minimum Gasteiger partial charge on any atom is -0.325 e. The molecule has 1 aliphatic carbocycles. The fourth-order valence-corrected chi connectivity index (χ4v) is 4.33. The van der Waals surface area contributed by atoms with Crippen molar-refractivity contribution in [1.82, 2.24) is 9.97 Å². The summed E-state index contributed by atoms with van der Waals surface area (Å²) in [5, 5.41) is 3.64. The van der Waals surface area contributed by atoms with Crippen LogP contribution in [0.5, 0.6) is 0 Å². The molecule has 0 bridgehead atoms. The lowest BCUT2D eigenvalue weighted by Crippen LogP contribution is -2.22. The number of nitrogens with zero attached hydrogens (tertiary/aromatic N) is 1. The number of aryl methyl sites for hydroxylation is 1. The largest absolute Gasteiger partial charge is 0.325 e. The number of fused-ring (bicyclic) bond motifs is 1. The molecule has 150 valence electrons. The molecule has 28 heavy (non-hydrogen) atoms. The maximum absolute atomic E-state index is 12.7. The van der Waals surface area contributed by atoms with Crippen LogP contribution in [0.1, 0.15) is 74.8 Å². The Balaban J connectivity index is 1.73. The van der Waals surface area contributed by atoms with Crippen molar-refractivity contribution in [1.29, 1.82) is 0 Å². The molecule has 2 aromatic rings. The van der Waals surface area contributed by atoms with Gasteiger partial charge < -0.3 is 10.3 Å². The smallest absolute Gasteiger partial charge is 0.254 e. The number of hydrogen-bond acceptors (Lipinski definition) is 4. The lowest BCUT2D eigenvalue weighted by molar-refractivity contribution is -0.113. The molecule has 0 radical (unpaired) electrons. The Labute approximate surface area is 170 Å². The van der Waals surface area contributed by atoms with E-state index in [-0.39, 0.29) is 17.2 Å². The van der Waals surface area contributed by atoms with Crippen molar-refractivity contribution in [2.75, 3.05) is 11.1 Å². The number of anilines is 1. The molecule has 1 aliphatic rings. The summed E-state index contributed by atoms with van der Waals surface area (Å²) < 4.78 is 0. The van der Waals surface area contributed by atoms with Gasteiger partial charge in [0.15, 0.2) is 5.16 Å². The van der Waals surface area contributed by atoms with E-state index < -0.39 is 0 Å². The molecule has 2 N–H and O–H groups in total. The summed E-state index contributed by atoms with van der Waals surface area (Å²) in [5.41, 5.74) is 4.86. The SMILES string of the molecule is CC(C)c1cccc(C(C)C)c1NC(=O)CSc1nc2c(c(=O)[nH]1)CCCC2. The van der Waals surface area contributed by atoms with Crippen LogP contribution in [0.4, 0.5) is 5.69 Å². The fraction of sp³-hybridized carbons (Fsp3) is 0.500. The van der Waals surface area contributed by atoms with Crippen molar-refractivity contribution < 1.29 is 4.79 Å². The van der Waals surface area contributed by atoms with Crippen molar-refractivity contribution in [3.63, 3.8) is 0 Å². The number of aromatic amines is 1. The molecule has 0 saturated heterocycles. The summed E-state index contributed by atoms with van der Waals surface area (Å²) >= 11 is 1.28. The molecule has 1 heterocycles. The van der Waals surface area contributed by atoms with Gasteiger partial charge in [0.25, 0.3) is 5.56 Å². The number of thioether (sulfide) groups is 1. The Morgan fingerprint density at radius 3 is 2.43 bits per heavy atom. The third kappa shape index (κ3) is 4.66. The van der Waals surface area contributed by atoms with Crippen molar-refractivity contribution in [3.05, 3.63) is 50.9 Å². The predicted molar refractivity (Wildman–Crippen MR) is 115 cm³/mol.